The van der Waals surface area contributed by atoms with Crippen LogP contribution in [0.1, 0.15) is 219 Å². The molecule has 0 aromatic carbocycles. The smallest absolute Gasteiger partial charge is 0.306 e. The number of allylic oxidation sites excluding steroid dienone is 4. The molecule has 6 atom stereocenters. The van der Waals surface area contributed by atoms with Gasteiger partial charge in [0.2, 0.25) is 0 Å². The van der Waals surface area contributed by atoms with E-state index in [0.29, 0.717) is 12.8 Å². The molecule has 1 heterocycles. The summed E-state index contributed by atoms with van der Waals surface area (Å²) in [5, 5.41) is 40.1. The van der Waals surface area contributed by atoms with Crippen LogP contribution in [0.2, 0.25) is 0 Å². The number of hydrogen-bond acceptors (Lipinski definition) is 10. The first-order valence-electron chi connectivity index (χ1n) is 24.4. The number of aliphatic hydroxyl groups excluding tert-OH is 4. The van der Waals surface area contributed by atoms with Crippen LogP contribution in [-0.4, -0.2) is 89.0 Å². The predicted molar refractivity (Wildman–Crippen MR) is 238 cm³/mol. The van der Waals surface area contributed by atoms with Crippen molar-refractivity contribution < 1.29 is 49.0 Å². The van der Waals surface area contributed by atoms with Gasteiger partial charge in [0.05, 0.1) is 13.2 Å². The lowest BCUT2D eigenvalue weighted by molar-refractivity contribution is -0.305. The van der Waals surface area contributed by atoms with Gasteiger partial charge in [-0.3, -0.25) is 9.59 Å². The standard InChI is InChI=1S/C49H90O10/c1-3-5-7-9-11-13-15-17-19-20-21-22-24-26-28-30-32-34-36-38-45(52)58-42(41-57-49-48(55)47(54)46(53)43(39-50)59-49)40-56-44(51)37-35-33-31-29-27-25-23-18-16-14-12-10-8-6-4-2/h18,23,27,29,42-43,46-50,53-55H,3-17,19-22,24-26,28,30-41H2,1-2H3/b23-18+,29-27+/t42-,43-,46+,47?,48?,49-/m1/s1. The molecule has 0 aromatic rings. The van der Waals surface area contributed by atoms with Gasteiger partial charge >= 0.3 is 11.9 Å². The highest BCUT2D eigenvalue weighted by molar-refractivity contribution is 5.70. The first-order chi connectivity index (χ1) is 28.8. The molecule has 0 spiro atoms. The number of carbonyl (C=O) groups is 2. The topological polar surface area (TPSA) is 152 Å². The zero-order valence-corrected chi connectivity index (χ0v) is 37.8. The van der Waals surface area contributed by atoms with E-state index in [2.05, 4.69) is 38.2 Å². The number of ether oxygens (including phenoxy) is 4. The lowest BCUT2D eigenvalue weighted by atomic mass is 9.99. The van der Waals surface area contributed by atoms with Crippen molar-refractivity contribution in [1.29, 1.82) is 0 Å². The molecule has 0 saturated carbocycles. The second-order valence-corrected chi connectivity index (χ2v) is 16.9. The van der Waals surface area contributed by atoms with Crippen LogP contribution in [0, 0.1) is 0 Å². The summed E-state index contributed by atoms with van der Waals surface area (Å²) in [6.45, 7) is 3.41. The van der Waals surface area contributed by atoms with Gasteiger partial charge in [0.25, 0.3) is 0 Å². The van der Waals surface area contributed by atoms with Crippen LogP contribution < -0.4 is 0 Å². The van der Waals surface area contributed by atoms with Crippen molar-refractivity contribution in [2.75, 3.05) is 19.8 Å². The Bertz CT molecular complexity index is 1020. The van der Waals surface area contributed by atoms with Crippen LogP contribution in [-0.2, 0) is 28.5 Å². The molecule has 0 bridgehead atoms. The molecule has 4 N–H and O–H groups in total. The molecule has 1 aliphatic rings. The Morgan fingerprint density at radius 1 is 0.525 bits per heavy atom. The predicted octanol–water partition coefficient (Wildman–Crippen LogP) is 10.9. The Morgan fingerprint density at radius 3 is 1.44 bits per heavy atom. The van der Waals surface area contributed by atoms with Gasteiger partial charge in [-0.1, -0.05) is 186 Å². The minimum atomic E-state index is -1.60. The number of aliphatic hydroxyl groups is 4. The van der Waals surface area contributed by atoms with Crippen LogP contribution >= 0.6 is 0 Å². The molecule has 1 rings (SSSR count). The van der Waals surface area contributed by atoms with Crippen molar-refractivity contribution in [2.24, 2.45) is 0 Å². The summed E-state index contributed by atoms with van der Waals surface area (Å²) in [5.41, 5.74) is 0. The summed E-state index contributed by atoms with van der Waals surface area (Å²) < 4.78 is 22.2. The first kappa shape index (κ1) is 55.2. The summed E-state index contributed by atoms with van der Waals surface area (Å²) >= 11 is 0. The lowest BCUT2D eigenvalue weighted by Gasteiger charge is -2.39. The van der Waals surface area contributed by atoms with Crippen molar-refractivity contribution in [3.8, 4) is 0 Å². The molecule has 0 radical (unpaired) electrons. The van der Waals surface area contributed by atoms with E-state index in [4.69, 9.17) is 18.9 Å². The molecule has 1 fully saturated rings. The van der Waals surface area contributed by atoms with Crippen LogP contribution in [0.5, 0.6) is 0 Å². The van der Waals surface area contributed by atoms with Crippen LogP contribution in [0.4, 0.5) is 0 Å². The number of unbranched alkanes of at least 4 members (excludes halogenated alkanes) is 26. The minimum Gasteiger partial charge on any atom is -0.462 e. The summed E-state index contributed by atoms with van der Waals surface area (Å²) in [5.74, 6) is -0.834. The van der Waals surface area contributed by atoms with Gasteiger partial charge in [0, 0.05) is 12.8 Å². The molecule has 10 heteroatoms. The number of rotatable bonds is 41. The van der Waals surface area contributed by atoms with Crippen molar-refractivity contribution in [3.05, 3.63) is 24.3 Å². The van der Waals surface area contributed by atoms with Crippen molar-refractivity contribution >= 4 is 11.9 Å². The Labute approximate surface area is 360 Å². The van der Waals surface area contributed by atoms with E-state index in [1.54, 1.807) is 0 Å². The Kier molecular flexibility index (Phi) is 37.7. The van der Waals surface area contributed by atoms with Crippen LogP contribution in [0.25, 0.3) is 0 Å². The zero-order valence-electron chi connectivity index (χ0n) is 37.8. The van der Waals surface area contributed by atoms with Gasteiger partial charge in [-0.2, -0.15) is 0 Å². The first-order valence-corrected chi connectivity index (χ1v) is 24.4. The number of esters is 2. The van der Waals surface area contributed by atoms with E-state index >= 15 is 0 Å². The Morgan fingerprint density at radius 2 is 0.949 bits per heavy atom. The van der Waals surface area contributed by atoms with E-state index in [-0.39, 0.29) is 26.1 Å². The van der Waals surface area contributed by atoms with E-state index in [1.807, 2.05) is 0 Å². The molecule has 0 aliphatic carbocycles. The molecule has 0 amide bonds. The van der Waals surface area contributed by atoms with E-state index in [9.17, 15) is 30.0 Å². The normalized spacial score (nSPS) is 20.1. The highest BCUT2D eigenvalue weighted by atomic mass is 16.7. The second-order valence-electron chi connectivity index (χ2n) is 16.9. The quantitative estimate of drug-likeness (QED) is 0.0266. The van der Waals surface area contributed by atoms with Gasteiger partial charge < -0.3 is 39.4 Å². The number of hydrogen-bond donors (Lipinski definition) is 4. The maximum absolute atomic E-state index is 12.8. The van der Waals surface area contributed by atoms with Gasteiger partial charge in [0.15, 0.2) is 12.4 Å². The third-order valence-corrected chi connectivity index (χ3v) is 11.3. The van der Waals surface area contributed by atoms with E-state index in [0.717, 1.165) is 44.9 Å². The van der Waals surface area contributed by atoms with Crippen molar-refractivity contribution in [1.82, 2.24) is 0 Å². The molecule has 1 saturated heterocycles. The molecular formula is C49H90O10. The highest BCUT2D eigenvalue weighted by Gasteiger charge is 2.44. The number of carbonyl (C=O) groups excluding carboxylic acids is 2. The molecule has 2 unspecified atom stereocenters. The van der Waals surface area contributed by atoms with Crippen molar-refractivity contribution in [2.45, 2.75) is 256 Å². The second kappa shape index (κ2) is 40.3. The SMILES string of the molecule is CCCCCCCC/C=C/C/C=C/CCCCC(=O)OC[C@H](CO[C@@H]1O[C@H](CO)[C@H](O)C(O)C1O)OC(=O)CCCCCCCCCCCCCCCCCCCCC. The summed E-state index contributed by atoms with van der Waals surface area (Å²) in [4.78, 5) is 25.4. The van der Waals surface area contributed by atoms with Crippen molar-refractivity contribution in [3.63, 3.8) is 0 Å². The average Bonchev–Trinajstić information content (AvgIpc) is 3.23. The summed E-state index contributed by atoms with van der Waals surface area (Å²) in [6, 6.07) is 0. The van der Waals surface area contributed by atoms with Gasteiger partial charge in [-0.15, -0.1) is 0 Å². The summed E-state index contributed by atoms with van der Waals surface area (Å²) in [6.07, 6.45) is 37.6. The van der Waals surface area contributed by atoms with Gasteiger partial charge in [0.1, 0.15) is 31.0 Å². The van der Waals surface area contributed by atoms with Crippen LogP contribution in [0.15, 0.2) is 24.3 Å². The largest absolute Gasteiger partial charge is 0.462 e. The molecule has 346 valence electrons. The molecular weight excluding hydrogens is 749 g/mol. The van der Waals surface area contributed by atoms with Gasteiger partial charge in [-0.25, -0.2) is 0 Å². The third kappa shape index (κ3) is 31.7. The lowest BCUT2D eigenvalue weighted by Crippen LogP contribution is -2.59. The van der Waals surface area contributed by atoms with E-state index < -0.39 is 55.4 Å². The Hall–Kier alpha value is -1.82. The van der Waals surface area contributed by atoms with Gasteiger partial charge in [-0.05, 0) is 44.9 Å². The third-order valence-electron chi connectivity index (χ3n) is 11.3. The molecule has 1 aliphatic heterocycles. The fourth-order valence-electron chi connectivity index (χ4n) is 7.45. The summed E-state index contributed by atoms with van der Waals surface area (Å²) in [7, 11) is 0. The minimum absolute atomic E-state index is 0.228. The Balaban J connectivity index is 2.30. The monoisotopic (exact) mass is 839 g/mol. The van der Waals surface area contributed by atoms with Crippen LogP contribution in [0.3, 0.4) is 0 Å². The average molecular weight is 839 g/mol. The molecule has 0 aromatic heterocycles. The zero-order chi connectivity index (χ0) is 43.0. The highest BCUT2D eigenvalue weighted by Crippen LogP contribution is 2.23. The fraction of sp³-hybridized carbons (Fsp3) is 0.878. The molecule has 59 heavy (non-hydrogen) atoms. The van der Waals surface area contributed by atoms with E-state index in [1.165, 1.54) is 135 Å². The maximum Gasteiger partial charge on any atom is 0.306 e. The molecule has 10 nitrogen and oxygen atoms in total. The fourth-order valence-corrected chi connectivity index (χ4v) is 7.45. The maximum atomic E-state index is 12.8.